The predicted octanol–water partition coefficient (Wildman–Crippen LogP) is 4.82. The fraction of sp³-hybridized carbons (Fsp3) is 0.684. The van der Waals surface area contributed by atoms with E-state index >= 15 is 0 Å². The van der Waals surface area contributed by atoms with E-state index in [0.29, 0.717) is 12.5 Å². The maximum absolute atomic E-state index is 6.43. The summed E-state index contributed by atoms with van der Waals surface area (Å²) < 4.78 is 12.8. The lowest BCUT2D eigenvalue weighted by molar-refractivity contribution is -0.137. The van der Waals surface area contributed by atoms with Crippen molar-refractivity contribution in [1.29, 1.82) is 0 Å². The third-order valence-corrected chi connectivity index (χ3v) is 4.87. The summed E-state index contributed by atoms with van der Waals surface area (Å²) >= 11 is 0. The molecule has 1 aromatic carbocycles. The van der Waals surface area contributed by atoms with Crippen molar-refractivity contribution in [3.05, 3.63) is 35.9 Å². The van der Waals surface area contributed by atoms with Gasteiger partial charge in [0, 0.05) is 5.92 Å². The van der Waals surface area contributed by atoms with E-state index in [2.05, 4.69) is 65.8 Å². The van der Waals surface area contributed by atoms with Crippen LogP contribution < -0.4 is 0 Å². The van der Waals surface area contributed by atoms with Gasteiger partial charge in [0.25, 0.3) is 0 Å². The van der Waals surface area contributed by atoms with E-state index in [9.17, 15) is 0 Å². The molecule has 0 aromatic heterocycles. The summed E-state index contributed by atoms with van der Waals surface area (Å²) in [6.07, 6.45) is 1.45. The van der Waals surface area contributed by atoms with Crippen LogP contribution in [0.4, 0.5) is 0 Å². The van der Waals surface area contributed by atoms with E-state index in [-0.39, 0.29) is 23.2 Å². The molecule has 1 fully saturated rings. The fourth-order valence-corrected chi connectivity index (χ4v) is 3.57. The Balaban J connectivity index is 2.19. The fourth-order valence-electron chi connectivity index (χ4n) is 3.57. The molecule has 0 saturated carbocycles. The summed E-state index contributed by atoms with van der Waals surface area (Å²) in [5, 5.41) is 0. The minimum Gasteiger partial charge on any atom is -0.371 e. The number of benzene rings is 1. The maximum Gasteiger partial charge on any atom is 0.0974 e. The van der Waals surface area contributed by atoms with Crippen LogP contribution in [-0.2, 0) is 16.1 Å². The average Bonchev–Trinajstić information content (AvgIpc) is 2.70. The van der Waals surface area contributed by atoms with Gasteiger partial charge in [-0.05, 0) is 24.3 Å². The van der Waals surface area contributed by atoms with Crippen LogP contribution in [-0.4, -0.2) is 17.8 Å². The third kappa shape index (κ3) is 3.32. The molecule has 2 rings (SSSR count). The lowest BCUT2D eigenvalue weighted by Gasteiger charge is -2.40. The molecule has 0 N–H and O–H groups in total. The van der Waals surface area contributed by atoms with E-state index < -0.39 is 0 Å². The van der Waals surface area contributed by atoms with E-state index in [1.807, 2.05) is 6.07 Å². The van der Waals surface area contributed by atoms with Crippen LogP contribution in [0.1, 0.15) is 53.5 Å². The monoisotopic (exact) mass is 290 g/mol. The second-order valence-electron chi connectivity index (χ2n) is 7.58. The molecule has 1 heterocycles. The van der Waals surface area contributed by atoms with Gasteiger partial charge in [-0.1, -0.05) is 65.0 Å². The normalized spacial score (nSPS) is 33.3. The first-order chi connectivity index (χ1) is 9.79. The Kier molecular flexibility index (Phi) is 4.79. The largest absolute Gasteiger partial charge is 0.371 e. The van der Waals surface area contributed by atoms with Gasteiger partial charge in [-0.2, -0.15) is 0 Å². The third-order valence-electron chi connectivity index (χ3n) is 4.87. The molecular weight excluding hydrogens is 260 g/mol. The van der Waals surface area contributed by atoms with Gasteiger partial charge in [0.15, 0.2) is 0 Å². The number of rotatable bonds is 4. The van der Waals surface area contributed by atoms with Gasteiger partial charge in [0.05, 0.1) is 24.4 Å². The molecule has 21 heavy (non-hydrogen) atoms. The van der Waals surface area contributed by atoms with Crippen LogP contribution in [0.5, 0.6) is 0 Å². The van der Waals surface area contributed by atoms with Crippen molar-refractivity contribution in [2.75, 3.05) is 0 Å². The highest BCUT2D eigenvalue weighted by molar-refractivity contribution is 5.14. The van der Waals surface area contributed by atoms with E-state index in [0.717, 1.165) is 6.42 Å². The minimum atomic E-state index is -0.241. The van der Waals surface area contributed by atoms with Crippen LogP contribution >= 0.6 is 0 Å². The second kappa shape index (κ2) is 6.10. The average molecular weight is 290 g/mol. The first kappa shape index (κ1) is 16.5. The molecule has 118 valence electrons. The van der Waals surface area contributed by atoms with Gasteiger partial charge in [0.2, 0.25) is 0 Å². The molecule has 0 bridgehead atoms. The molecule has 1 aliphatic heterocycles. The van der Waals surface area contributed by atoms with Gasteiger partial charge in [-0.25, -0.2) is 0 Å². The van der Waals surface area contributed by atoms with E-state index in [1.54, 1.807) is 0 Å². The molecule has 0 amide bonds. The molecule has 1 aliphatic rings. The molecule has 2 nitrogen and oxygen atoms in total. The zero-order chi connectivity index (χ0) is 15.7. The maximum atomic E-state index is 6.43. The molecule has 4 atom stereocenters. The van der Waals surface area contributed by atoms with E-state index in [1.165, 1.54) is 5.56 Å². The highest BCUT2D eigenvalue weighted by Crippen LogP contribution is 2.47. The van der Waals surface area contributed by atoms with Crippen LogP contribution in [0.25, 0.3) is 0 Å². The van der Waals surface area contributed by atoms with Crippen molar-refractivity contribution in [1.82, 2.24) is 0 Å². The number of hydrogen-bond acceptors (Lipinski definition) is 2. The molecule has 0 aliphatic carbocycles. The zero-order valence-corrected chi connectivity index (χ0v) is 14.3. The first-order valence-corrected chi connectivity index (χ1v) is 8.12. The standard InChI is InChI=1S/C19H30O2/c1-7-16-14(2)19(6,17(21-16)18(3,4)5)20-13-15-11-9-8-10-12-15/h8-12,14,16-17H,7,13H2,1-6H3. The van der Waals surface area contributed by atoms with Crippen LogP contribution in [0.15, 0.2) is 30.3 Å². The SMILES string of the molecule is CCC1OC(C(C)(C)C)C(C)(OCc2ccccc2)C1C. The summed E-state index contributed by atoms with van der Waals surface area (Å²) in [7, 11) is 0. The van der Waals surface area contributed by atoms with E-state index in [4.69, 9.17) is 9.47 Å². The van der Waals surface area contributed by atoms with Gasteiger partial charge in [-0.3, -0.25) is 0 Å². The van der Waals surface area contributed by atoms with Crippen LogP contribution in [0.2, 0.25) is 0 Å². The number of ether oxygens (including phenoxy) is 2. The lowest BCUT2D eigenvalue weighted by Crippen LogP contribution is -2.49. The minimum absolute atomic E-state index is 0.0730. The predicted molar refractivity (Wildman–Crippen MR) is 87.2 cm³/mol. The van der Waals surface area contributed by atoms with Gasteiger partial charge in [0.1, 0.15) is 0 Å². The Bertz CT molecular complexity index is 448. The molecule has 0 radical (unpaired) electrons. The summed E-state index contributed by atoms with van der Waals surface area (Å²) in [6.45, 7) is 14.1. The highest BCUT2D eigenvalue weighted by atomic mass is 16.6. The molecular formula is C19H30O2. The lowest BCUT2D eigenvalue weighted by atomic mass is 9.74. The first-order valence-electron chi connectivity index (χ1n) is 8.12. The Labute approximate surface area is 129 Å². The van der Waals surface area contributed by atoms with Gasteiger partial charge in [-0.15, -0.1) is 0 Å². The quantitative estimate of drug-likeness (QED) is 0.791. The second-order valence-corrected chi connectivity index (χ2v) is 7.58. The summed E-state index contributed by atoms with van der Waals surface area (Å²) in [5.74, 6) is 0.399. The Morgan fingerprint density at radius 2 is 1.81 bits per heavy atom. The molecule has 4 unspecified atom stereocenters. The molecule has 1 saturated heterocycles. The van der Waals surface area contributed by atoms with Crippen LogP contribution in [0.3, 0.4) is 0 Å². The highest BCUT2D eigenvalue weighted by Gasteiger charge is 2.55. The van der Waals surface area contributed by atoms with Crippen molar-refractivity contribution in [2.45, 2.75) is 72.4 Å². The summed E-state index contributed by atoms with van der Waals surface area (Å²) in [4.78, 5) is 0. The summed E-state index contributed by atoms with van der Waals surface area (Å²) in [5.41, 5.74) is 1.05. The Morgan fingerprint density at radius 3 is 2.33 bits per heavy atom. The topological polar surface area (TPSA) is 18.5 Å². The van der Waals surface area contributed by atoms with Crippen molar-refractivity contribution in [2.24, 2.45) is 11.3 Å². The van der Waals surface area contributed by atoms with Crippen LogP contribution in [0, 0.1) is 11.3 Å². The molecule has 1 aromatic rings. The molecule has 2 heteroatoms. The van der Waals surface area contributed by atoms with Gasteiger partial charge >= 0.3 is 0 Å². The van der Waals surface area contributed by atoms with Crippen molar-refractivity contribution in [3.63, 3.8) is 0 Å². The Morgan fingerprint density at radius 1 is 1.19 bits per heavy atom. The number of hydrogen-bond donors (Lipinski definition) is 0. The summed E-state index contributed by atoms with van der Waals surface area (Å²) in [6, 6.07) is 10.4. The Hall–Kier alpha value is -0.860. The zero-order valence-electron chi connectivity index (χ0n) is 14.3. The van der Waals surface area contributed by atoms with Gasteiger partial charge < -0.3 is 9.47 Å². The smallest absolute Gasteiger partial charge is 0.0974 e. The van der Waals surface area contributed by atoms with Crippen molar-refractivity contribution in [3.8, 4) is 0 Å². The molecule has 0 spiro atoms. The van der Waals surface area contributed by atoms with Crippen molar-refractivity contribution < 1.29 is 9.47 Å². The van der Waals surface area contributed by atoms with Crippen molar-refractivity contribution >= 4 is 0 Å².